The Morgan fingerprint density at radius 2 is 2.33 bits per heavy atom. The second kappa shape index (κ2) is 7.66. The fraction of sp³-hybridized carbons (Fsp3) is 0.692. The molecule has 1 rings (SSSR count). The van der Waals surface area contributed by atoms with Crippen LogP contribution in [0.2, 0.25) is 0 Å². The quantitative estimate of drug-likeness (QED) is 0.654. The van der Waals surface area contributed by atoms with Crippen molar-refractivity contribution in [3.8, 4) is 0 Å². The molecule has 0 fully saturated rings. The van der Waals surface area contributed by atoms with Crippen molar-refractivity contribution in [2.75, 3.05) is 13.2 Å². The van der Waals surface area contributed by atoms with E-state index in [0.29, 0.717) is 12.5 Å². The van der Waals surface area contributed by atoms with E-state index in [9.17, 15) is 0 Å². The first-order valence-corrected chi connectivity index (χ1v) is 5.99. The fourth-order valence-corrected chi connectivity index (χ4v) is 1.74. The molecule has 15 heavy (non-hydrogen) atoms. The summed E-state index contributed by atoms with van der Waals surface area (Å²) in [6.45, 7) is 3.72. The van der Waals surface area contributed by atoms with Crippen molar-refractivity contribution in [3.63, 3.8) is 0 Å². The third-order valence-corrected chi connectivity index (χ3v) is 2.65. The molecule has 86 valence electrons. The van der Waals surface area contributed by atoms with Crippen LogP contribution in [0.25, 0.3) is 0 Å². The highest BCUT2D eigenvalue weighted by molar-refractivity contribution is 5.11. The highest BCUT2D eigenvalue weighted by Gasteiger charge is 2.11. The van der Waals surface area contributed by atoms with Crippen molar-refractivity contribution in [1.29, 1.82) is 0 Å². The molecule has 1 aliphatic carbocycles. The van der Waals surface area contributed by atoms with Crippen LogP contribution < -0.4 is 5.73 Å². The second-order valence-electron chi connectivity index (χ2n) is 4.23. The zero-order chi connectivity index (χ0) is 10.9. The van der Waals surface area contributed by atoms with Crippen LogP contribution in [0.3, 0.4) is 0 Å². The third kappa shape index (κ3) is 5.75. The molecule has 2 nitrogen and oxygen atoms in total. The molecule has 0 heterocycles. The molecule has 0 aliphatic heterocycles. The molecule has 0 saturated heterocycles. The van der Waals surface area contributed by atoms with Crippen molar-refractivity contribution in [2.45, 2.75) is 38.6 Å². The maximum atomic E-state index is 6.00. The van der Waals surface area contributed by atoms with E-state index in [1.807, 2.05) is 0 Å². The van der Waals surface area contributed by atoms with Crippen molar-refractivity contribution in [1.82, 2.24) is 0 Å². The Hall–Kier alpha value is -0.600. The lowest BCUT2D eigenvalue weighted by atomic mass is 9.94. The molecule has 2 heteroatoms. The minimum absolute atomic E-state index is 0.183. The topological polar surface area (TPSA) is 35.2 Å². The molecule has 0 aromatic rings. The first-order valence-electron chi connectivity index (χ1n) is 5.99. The number of allylic oxidation sites excluding steroid dienone is 4. The summed E-state index contributed by atoms with van der Waals surface area (Å²) < 4.78 is 5.51. The largest absolute Gasteiger partial charge is 0.380 e. The standard InChI is InChI=1S/C13H23NO/c1-2-3-9-15-11-13(14)10-12-7-5-4-6-8-12/h4-7,12-13H,2-3,8-11,14H2,1H3. The molecule has 1 aliphatic rings. The summed E-state index contributed by atoms with van der Waals surface area (Å²) in [5.74, 6) is 0.611. The van der Waals surface area contributed by atoms with Gasteiger partial charge in [0.25, 0.3) is 0 Å². The Labute approximate surface area is 93.2 Å². The van der Waals surface area contributed by atoms with Gasteiger partial charge < -0.3 is 10.5 Å². The zero-order valence-electron chi connectivity index (χ0n) is 9.69. The van der Waals surface area contributed by atoms with E-state index in [1.54, 1.807) is 0 Å². The molecule has 0 spiro atoms. The summed E-state index contributed by atoms with van der Waals surface area (Å²) in [6.07, 6.45) is 13.1. The number of rotatable bonds is 7. The average molecular weight is 209 g/mol. The normalized spacial score (nSPS) is 21.9. The summed E-state index contributed by atoms with van der Waals surface area (Å²) in [5, 5.41) is 0. The Morgan fingerprint density at radius 3 is 3.00 bits per heavy atom. The molecule has 2 unspecified atom stereocenters. The predicted molar refractivity (Wildman–Crippen MR) is 64.7 cm³/mol. The monoisotopic (exact) mass is 209 g/mol. The summed E-state index contributed by atoms with van der Waals surface area (Å²) in [7, 11) is 0. The lowest BCUT2D eigenvalue weighted by molar-refractivity contribution is 0.113. The van der Waals surface area contributed by atoms with Crippen LogP contribution in [0, 0.1) is 5.92 Å². The van der Waals surface area contributed by atoms with Gasteiger partial charge in [0.15, 0.2) is 0 Å². The SMILES string of the molecule is CCCCOCC(N)CC1C=CC=CC1. The minimum Gasteiger partial charge on any atom is -0.380 e. The van der Waals surface area contributed by atoms with Gasteiger partial charge in [-0.25, -0.2) is 0 Å². The number of hydrogen-bond donors (Lipinski definition) is 1. The molecule has 0 saturated carbocycles. The van der Waals surface area contributed by atoms with Gasteiger partial charge in [-0.05, 0) is 25.2 Å². The van der Waals surface area contributed by atoms with Gasteiger partial charge >= 0.3 is 0 Å². The maximum absolute atomic E-state index is 6.00. The van der Waals surface area contributed by atoms with Gasteiger partial charge in [-0.1, -0.05) is 37.6 Å². The smallest absolute Gasteiger partial charge is 0.0617 e. The second-order valence-corrected chi connectivity index (χ2v) is 4.23. The molecule has 2 N–H and O–H groups in total. The zero-order valence-corrected chi connectivity index (χ0v) is 9.69. The van der Waals surface area contributed by atoms with Crippen LogP contribution in [0.5, 0.6) is 0 Å². The molecular formula is C13H23NO. The van der Waals surface area contributed by atoms with Crippen molar-refractivity contribution < 1.29 is 4.74 Å². The summed E-state index contributed by atoms with van der Waals surface area (Å²) in [4.78, 5) is 0. The van der Waals surface area contributed by atoms with E-state index in [4.69, 9.17) is 10.5 Å². The number of nitrogens with two attached hydrogens (primary N) is 1. The van der Waals surface area contributed by atoms with Crippen molar-refractivity contribution in [3.05, 3.63) is 24.3 Å². The van der Waals surface area contributed by atoms with Crippen LogP contribution in [-0.4, -0.2) is 19.3 Å². The Morgan fingerprint density at radius 1 is 1.47 bits per heavy atom. The minimum atomic E-state index is 0.183. The average Bonchev–Trinajstić information content (AvgIpc) is 2.26. The number of hydrogen-bond acceptors (Lipinski definition) is 2. The Kier molecular flexibility index (Phi) is 6.37. The van der Waals surface area contributed by atoms with E-state index >= 15 is 0 Å². The molecule has 0 amide bonds. The van der Waals surface area contributed by atoms with E-state index < -0.39 is 0 Å². The lowest BCUT2D eigenvalue weighted by Crippen LogP contribution is -2.28. The van der Waals surface area contributed by atoms with Crippen LogP contribution in [0.15, 0.2) is 24.3 Å². The predicted octanol–water partition coefficient (Wildman–Crippen LogP) is 2.65. The van der Waals surface area contributed by atoms with Crippen LogP contribution in [-0.2, 0) is 4.74 Å². The molecule has 0 aromatic heterocycles. The molecule has 0 radical (unpaired) electrons. The van der Waals surface area contributed by atoms with Gasteiger partial charge in [-0.2, -0.15) is 0 Å². The molecule has 0 bridgehead atoms. The first kappa shape index (κ1) is 12.5. The third-order valence-electron chi connectivity index (χ3n) is 2.65. The van der Waals surface area contributed by atoms with Crippen LogP contribution >= 0.6 is 0 Å². The molecule has 0 aromatic carbocycles. The number of unbranched alkanes of at least 4 members (excludes halogenated alkanes) is 1. The van der Waals surface area contributed by atoms with Crippen molar-refractivity contribution >= 4 is 0 Å². The van der Waals surface area contributed by atoms with Gasteiger partial charge in [0.2, 0.25) is 0 Å². The van der Waals surface area contributed by atoms with E-state index in [1.165, 1.54) is 6.42 Å². The maximum Gasteiger partial charge on any atom is 0.0617 e. The van der Waals surface area contributed by atoms with Gasteiger partial charge in [0.05, 0.1) is 6.61 Å². The van der Waals surface area contributed by atoms with E-state index in [0.717, 1.165) is 25.9 Å². The van der Waals surface area contributed by atoms with E-state index in [-0.39, 0.29) is 6.04 Å². The van der Waals surface area contributed by atoms with Gasteiger partial charge in [-0.3, -0.25) is 0 Å². The van der Waals surface area contributed by atoms with Crippen molar-refractivity contribution in [2.24, 2.45) is 11.7 Å². The van der Waals surface area contributed by atoms with Crippen LogP contribution in [0.1, 0.15) is 32.6 Å². The Balaban J connectivity index is 2.05. The van der Waals surface area contributed by atoms with Crippen LogP contribution in [0.4, 0.5) is 0 Å². The van der Waals surface area contributed by atoms with Gasteiger partial charge in [0.1, 0.15) is 0 Å². The highest BCUT2D eigenvalue weighted by Crippen LogP contribution is 2.16. The molecule has 2 atom stereocenters. The van der Waals surface area contributed by atoms with E-state index in [2.05, 4.69) is 31.2 Å². The molecular weight excluding hydrogens is 186 g/mol. The highest BCUT2D eigenvalue weighted by atomic mass is 16.5. The fourth-order valence-electron chi connectivity index (χ4n) is 1.74. The summed E-state index contributed by atoms with van der Waals surface area (Å²) >= 11 is 0. The first-order chi connectivity index (χ1) is 7.33. The number of ether oxygens (including phenoxy) is 1. The summed E-state index contributed by atoms with van der Waals surface area (Å²) in [6, 6.07) is 0.183. The van der Waals surface area contributed by atoms with Gasteiger partial charge in [-0.15, -0.1) is 0 Å². The Bertz CT molecular complexity index is 211. The van der Waals surface area contributed by atoms with Gasteiger partial charge in [0, 0.05) is 12.6 Å². The lowest BCUT2D eigenvalue weighted by Gasteiger charge is -2.18. The summed E-state index contributed by atoms with van der Waals surface area (Å²) in [5.41, 5.74) is 6.00.